The Morgan fingerprint density at radius 3 is 2.38 bits per heavy atom. The van der Waals surface area contributed by atoms with Crippen molar-refractivity contribution < 1.29 is 14.7 Å². The van der Waals surface area contributed by atoms with Gasteiger partial charge in [0.25, 0.3) is 5.91 Å². The lowest BCUT2D eigenvalue weighted by atomic mass is 10.1. The number of hydrogen-bond acceptors (Lipinski definition) is 3. The maximum Gasteiger partial charge on any atom is 0.307 e. The van der Waals surface area contributed by atoms with E-state index in [-0.39, 0.29) is 12.3 Å². The number of carbonyl (C=O) groups excluding carboxylic acids is 1. The average Bonchev–Trinajstić information content (AvgIpc) is 2.43. The van der Waals surface area contributed by atoms with Crippen molar-refractivity contribution in [2.24, 2.45) is 0 Å². The third-order valence-electron chi connectivity index (χ3n) is 3.10. The van der Waals surface area contributed by atoms with Crippen LogP contribution in [0.2, 0.25) is 0 Å². The molecule has 5 heteroatoms. The number of amides is 1. The Morgan fingerprint density at radius 2 is 1.81 bits per heavy atom. The summed E-state index contributed by atoms with van der Waals surface area (Å²) < 4.78 is 0. The standard InChI is InChI=1S/C16H16N2O3/c1-10-8-12(4-7-14(10)17)16(21)18-13-5-2-11(3-6-13)9-15(19)20/h2-8H,9,17H2,1H3,(H,18,21)(H,19,20). The van der Waals surface area contributed by atoms with E-state index in [0.29, 0.717) is 22.5 Å². The smallest absolute Gasteiger partial charge is 0.307 e. The van der Waals surface area contributed by atoms with Gasteiger partial charge in [-0.3, -0.25) is 9.59 Å². The van der Waals surface area contributed by atoms with E-state index < -0.39 is 5.97 Å². The highest BCUT2D eigenvalue weighted by atomic mass is 16.4. The number of carboxylic acids is 1. The molecule has 0 aromatic heterocycles. The van der Waals surface area contributed by atoms with Gasteiger partial charge in [-0.15, -0.1) is 0 Å². The molecular weight excluding hydrogens is 268 g/mol. The van der Waals surface area contributed by atoms with E-state index in [9.17, 15) is 9.59 Å². The van der Waals surface area contributed by atoms with E-state index in [1.807, 2.05) is 6.92 Å². The van der Waals surface area contributed by atoms with Gasteiger partial charge in [0.15, 0.2) is 0 Å². The largest absolute Gasteiger partial charge is 0.481 e. The molecule has 0 aliphatic carbocycles. The van der Waals surface area contributed by atoms with Crippen LogP contribution in [0.1, 0.15) is 21.5 Å². The fourth-order valence-electron chi connectivity index (χ4n) is 1.90. The molecule has 4 N–H and O–H groups in total. The number of hydrogen-bond donors (Lipinski definition) is 3. The van der Waals surface area contributed by atoms with Gasteiger partial charge in [0.2, 0.25) is 0 Å². The summed E-state index contributed by atoms with van der Waals surface area (Å²) in [7, 11) is 0. The zero-order chi connectivity index (χ0) is 15.4. The minimum absolute atomic E-state index is 0.0363. The summed E-state index contributed by atoms with van der Waals surface area (Å²) in [5.41, 5.74) is 9.03. The van der Waals surface area contributed by atoms with Crippen molar-refractivity contribution in [3.63, 3.8) is 0 Å². The van der Waals surface area contributed by atoms with Crippen LogP contribution in [0, 0.1) is 6.92 Å². The third kappa shape index (κ3) is 3.82. The Bertz CT molecular complexity index is 678. The van der Waals surface area contributed by atoms with Crippen molar-refractivity contribution in [2.45, 2.75) is 13.3 Å². The number of aliphatic carboxylic acids is 1. The lowest BCUT2D eigenvalue weighted by Gasteiger charge is -2.07. The van der Waals surface area contributed by atoms with Gasteiger partial charge in [-0.25, -0.2) is 0 Å². The second kappa shape index (κ2) is 6.09. The number of anilines is 2. The van der Waals surface area contributed by atoms with Crippen LogP contribution in [0.3, 0.4) is 0 Å². The van der Waals surface area contributed by atoms with Gasteiger partial charge < -0.3 is 16.2 Å². The van der Waals surface area contributed by atoms with Crippen LogP contribution in [0.5, 0.6) is 0 Å². The molecule has 5 nitrogen and oxygen atoms in total. The molecule has 0 aliphatic rings. The van der Waals surface area contributed by atoms with Crippen LogP contribution in [0.4, 0.5) is 11.4 Å². The van der Waals surface area contributed by atoms with Crippen LogP contribution in [-0.2, 0) is 11.2 Å². The van der Waals surface area contributed by atoms with Crippen molar-refractivity contribution in [2.75, 3.05) is 11.1 Å². The zero-order valence-corrected chi connectivity index (χ0v) is 11.6. The Kier molecular flexibility index (Phi) is 4.23. The highest BCUT2D eigenvalue weighted by molar-refractivity contribution is 6.04. The molecule has 2 rings (SSSR count). The van der Waals surface area contributed by atoms with E-state index in [2.05, 4.69) is 5.32 Å². The first-order valence-electron chi connectivity index (χ1n) is 6.44. The zero-order valence-electron chi connectivity index (χ0n) is 11.6. The van der Waals surface area contributed by atoms with Crippen LogP contribution < -0.4 is 11.1 Å². The van der Waals surface area contributed by atoms with Crippen LogP contribution >= 0.6 is 0 Å². The molecule has 0 fully saturated rings. The minimum Gasteiger partial charge on any atom is -0.481 e. The first-order valence-corrected chi connectivity index (χ1v) is 6.44. The first kappa shape index (κ1) is 14.6. The Hall–Kier alpha value is -2.82. The summed E-state index contributed by atoms with van der Waals surface area (Å²) in [5, 5.41) is 11.5. The first-order chi connectivity index (χ1) is 9.95. The molecule has 2 aromatic rings. The number of carboxylic acid groups (broad SMARTS) is 1. The maximum absolute atomic E-state index is 12.1. The summed E-state index contributed by atoms with van der Waals surface area (Å²) in [5.74, 6) is -1.12. The van der Waals surface area contributed by atoms with Crippen molar-refractivity contribution in [3.05, 3.63) is 59.2 Å². The van der Waals surface area contributed by atoms with Gasteiger partial charge in [0.1, 0.15) is 0 Å². The Balaban J connectivity index is 2.08. The lowest BCUT2D eigenvalue weighted by Crippen LogP contribution is -2.12. The van der Waals surface area contributed by atoms with Crippen LogP contribution in [-0.4, -0.2) is 17.0 Å². The molecule has 0 radical (unpaired) electrons. The monoisotopic (exact) mass is 284 g/mol. The van der Waals surface area contributed by atoms with Gasteiger partial charge in [-0.2, -0.15) is 0 Å². The molecule has 0 saturated carbocycles. The molecule has 0 bridgehead atoms. The fourth-order valence-corrected chi connectivity index (χ4v) is 1.90. The van der Waals surface area contributed by atoms with Gasteiger partial charge in [-0.05, 0) is 48.4 Å². The lowest BCUT2D eigenvalue weighted by molar-refractivity contribution is -0.136. The second-order valence-electron chi connectivity index (χ2n) is 4.79. The highest BCUT2D eigenvalue weighted by Crippen LogP contribution is 2.15. The van der Waals surface area contributed by atoms with Crippen molar-refractivity contribution in [3.8, 4) is 0 Å². The summed E-state index contributed by atoms with van der Waals surface area (Å²) in [6.45, 7) is 1.84. The van der Waals surface area contributed by atoms with Crippen molar-refractivity contribution in [1.82, 2.24) is 0 Å². The summed E-state index contributed by atoms with van der Waals surface area (Å²) in [6, 6.07) is 11.8. The van der Waals surface area contributed by atoms with Gasteiger partial charge in [0, 0.05) is 16.9 Å². The number of nitrogens with two attached hydrogens (primary N) is 1. The number of nitrogens with one attached hydrogen (secondary N) is 1. The van der Waals surface area contributed by atoms with E-state index in [1.165, 1.54) is 0 Å². The quantitative estimate of drug-likeness (QED) is 0.752. The summed E-state index contributed by atoms with van der Waals surface area (Å²) in [4.78, 5) is 22.7. The summed E-state index contributed by atoms with van der Waals surface area (Å²) >= 11 is 0. The predicted octanol–water partition coefficient (Wildman–Crippen LogP) is 2.46. The number of aryl methyl sites for hydroxylation is 1. The molecule has 21 heavy (non-hydrogen) atoms. The average molecular weight is 284 g/mol. The molecule has 0 heterocycles. The molecule has 0 spiro atoms. The molecular formula is C16H16N2O3. The highest BCUT2D eigenvalue weighted by Gasteiger charge is 2.08. The topological polar surface area (TPSA) is 92.4 Å². The van der Waals surface area contributed by atoms with Crippen LogP contribution in [0.25, 0.3) is 0 Å². The van der Waals surface area contributed by atoms with Gasteiger partial charge in [-0.1, -0.05) is 12.1 Å². The molecule has 0 atom stereocenters. The van der Waals surface area contributed by atoms with E-state index in [1.54, 1.807) is 42.5 Å². The fraction of sp³-hybridized carbons (Fsp3) is 0.125. The maximum atomic E-state index is 12.1. The predicted molar refractivity (Wildman–Crippen MR) is 81.3 cm³/mol. The van der Waals surface area contributed by atoms with Crippen molar-refractivity contribution >= 4 is 23.3 Å². The Labute approximate surface area is 122 Å². The van der Waals surface area contributed by atoms with Crippen molar-refractivity contribution in [1.29, 1.82) is 0 Å². The minimum atomic E-state index is -0.885. The molecule has 0 saturated heterocycles. The third-order valence-corrected chi connectivity index (χ3v) is 3.10. The second-order valence-corrected chi connectivity index (χ2v) is 4.79. The SMILES string of the molecule is Cc1cc(C(=O)Nc2ccc(CC(=O)O)cc2)ccc1N. The molecule has 1 amide bonds. The number of benzene rings is 2. The van der Waals surface area contributed by atoms with Gasteiger partial charge >= 0.3 is 5.97 Å². The van der Waals surface area contributed by atoms with Crippen LogP contribution in [0.15, 0.2) is 42.5 Å². The summed E-state index contributed by atoms with van der Waals surface area (Å²) in [6.07, 6.45) is -0.0363. The molecule has 0 unspecified atom stereocenters. The normalized spacial score (nSPS) is 10.1. The number of rotatable bonds is 4. The number of nitrogen functional groups attached to an aromatic ring is 1. The van der Waals surface area contributed by atoms with E-state index in [4.69, 9.17) is 10.8 Å². The van der Waals surface area contributed by atoms with Gasteiger partial charge in [0.05, 0.1) is 6.42 Å². The number of carbonyl (C=O) groups is 2. The van der Waals surface area contributed by atoms with E-state index >= 15 is 0 Å². The molecule has 108 valence electrons. The molecule has 0 aliphatic heterocycles. The Morgan fingerprint density at radius 1 is 1.14 bits per heavy atom. The molecule has 2 aromatic carbocycles. The van der Waals surface area contributed by atoms with E-state index in [0.717, 1.165) is 5.56 Å².